The molecule has 0 amide bonds. The molecule has 0 saturated heterocycles. The number of halogens is 2. The first-order valence-corrected chi connectivity index (χ1v) is 3.78. The minimum absolute atomic E-state index is 0. The molecule has 0 aromatic rings. The van der Waals surface area contributed by atoms with Crippen molar-refractivity contribution in [1.29, 1.82) is 0 Å². The van der Waals surface area contributed by atoms with Gasteiger partial charge >= 0.3 is 0 Å². The summed E-state index contributed by atoms with van der Waals surface area (Å²) in [5.41, 5.74) is 5.56. The molecule has 70 valence electrons. The highest BCUT2D eigenvalue weighted by molar-refractivity contribution is 5.85. The molecule has 0 unspecified atom stereocenters. The van der Waals surface area contributed by atoms with Gasteiger partial charge in [-0.05, 0) is 32.7 Å². The molecule has 1 fully saturated rings. The molecule has 1 rings (SSSR count). The monoisotopic (exact) mass is 200 g/mol. The lowest BCUT2D eigenvalue weighted by molar-refractivity contribution is 0.587. The summed E-state index contributed by atoms with van der Waals surface area (Å²) in [6.45, 7) is 3.15. The topological polar surface area (TPSA) is 38.0 Å². The van der Waals surface area contributed by atoms with Gasteiger partial charge in [0.1, 0.15) is 0 Å². The van der Waals surface area contributed by atoms with Gasteiger partial charge in [0.05, 0.1) is 0 Å². The van der Waals surface area contributed by atoms with Gasteiger partial charge < -0.3 is 11.1 Å². The molecule has 0 aromatic carbocycles. The number of nitrogens with two attached hydrogens (primary N) is 1. The van der Waals surface area contributed by atoms with E-state index in [1.165, 1.54) is 12.8 Å². The average molecular weight is 201 g/mol. The Kier molecular flexibility index (Phi) is 9.15. The molecule has 0 aromatic heterocycles. The van der Waals surface area contributed by atoms with E-state index in [9.17, 15) is 0 Å². The fourth-order valence-electron chi connectivity index (χ4n) is 0.803. The summed E-state index contributed by atoms with van der Waals surface area (Å²) in [5.74, 6) is 0. The van der Waals surface area contributed by atoms with Gasteiger partial charge in [-0.15, -0.1) is 24.8 Å². The highest BCUT2D eigenvalue weighted by Crippen LogP contribution is 2.18. The number of nitrogens with one attached hydrogen (secondary N) is 1. The number of rotatable bonds is 4. The Bertz CT molecular complexity index is 82.5. The molecule has 11 heavy (non-hydrogen) atoms. The van der Waals surface area contributed by atoms with E-state index in [0.29, 0.717) is 6.04 Å². The van der Waals surface area contributed by atoms with Crippen LogP contribution in [0.2, 0.25) is 0 Å². The summed E-state index contributed by atoms with van der Waals surface area (Å²) in [7, 11) is 0. The second kappa shape index (κ2) is 7.17. The second-order valence-electron chi connectivity index (χ2n) is 2.99. The molecular weight excluding hydrogens is 183 g/mol. The lowest BCUT2D eigenvalue weighted by Crippen LogP contribution is -2.25. The minimum Gasteiger partial charge on any atom is -0.328 e. The maximum Gasteiger partial charge on any atom is 0.00682 e. The van der Waals surface area contributed by atoms with Crippen LogP contribution < -0.4 is 11.1 Å². The van der Waals surface area contributed by atoms with Gasteiger partial charge in [-0.2, -0.15) is 0 Å². The standard InChI is InChI=1S/C7H16N2.2ClH/c1-6(8)4-5-9-7-2-3-7;;/h6-7,9H,2-5,8H2,1H3;2*1H/t6-;;/m0../s1. The molecule has 0 spiro atoms. The predicted molar refractivity (Wildman–Crippen MR) is 53.8 cm³/mol. The molecule has 1 saturated carbocycles. The van der Waals surface area contributed by atoms with Gasteiger partial charge in [-0.25, -0.2) is 0 Å². The van der Waals surface area contributed by atoms with Gasteiger partial charge in [0.2, 0.25) is 0 Å². The molecule has 1 aliphatic carbocycles. The average Bonchev–Trinajstić information content (AvgIpc) is 2.48. The summed E-state index contributed by atoms with van der Waals surface area (Å²) in [5, 5.41) is 3.41. The lowest BCUT2D eigenvalue weighted by Gasteiger charge is -2.04. The molecule has 0 heterocycles. The predicted octanol–water partition coefficient (Wildman–Crippen LogP) is 1.32. The molecule has 4 heteroatoms. The van der Waals surface area contributed by atoms with Crippen LogP contribution in [0.1, 0.15) is 26.2 Å². The van der Waals surface area contributed by atoms with Crippen LogP contribution in [0.4, 0.5) is 0 Å². The van der Waals surface area contributed by atoms with Crippen LogP contribution in [0.5, 0.6) is 0 Å². The highest BCUT2D eigenvalue weighted by atomic mass is 35.5. The SMILES string of the molecule is C[C@H](N)CCNC1CC1.Cl.Cl. The van der Waals surface area contributed by atoms with Crippen molar-refractivity contribution in [1.82, 2.24) is 5.32 Å². The Hall–Kier alpha value is 0.500. The zero-order valence-corrected chi connectivity index (χ0v) is 8.51. The molecule has 0 bridgehead atoms. The third-order valence-corrected chi connectivity index (χ3v) is 1.61. The van der Waals surface area contributed by atoms with Crippen LogP contribution in [-0.2, 0) is 0 Å². The Balaban J connectivity index is 0. The van der Waals surface area contributed by atoms with E-state index in [1.54, 1.807) is 0 Å². The third-order valence-electron chi connectivity index (χ3n) is 1.61. The van der Waals surface area contributed by atoms with Crippen LogP contribution in [-0.4, -0.2) is 18.6 Å². The second-order valence-corrected chi connectivity index (χ2v) is 2.99. The first-order valence-electron chi connectivity index (χ1n) is 3.78. The van der Waals surface area contributed by atoms with E-state index in [4.69, 9.17) is 5.73 Å². The van der Waals surface area contributed by atoms with Crippen molar-refractivity contribution in [3.05, 3.63) is 0 Å². The van der Waals surface area contributed by atoms with Gasteiger partial charge in [0, 0.05) is 12.1 Å². The Morgan fingerprint density at radius 2 is 2.00 bits per heavy atom. The Labute approximate surface area is 81.1 Å². The van der Waals surface area contributed by atoms with E-state index in [1.807, 2.05) is 0 Å². The minimum atomic E-state index is 0. The highest BCUT2D eigenvalue weighted by Gasteiger charge is 2.19. The summed E-state index contributed by atoms with van der Waals surface area (Å²) < 4.78 is 0. The van der Waals surface area contributed by atoms with Crippen molar-refractivity contribution in [2.45, 2.75) is 38.3 Å². The maximum atomic E-state index is 5.56. The molecule has 0 radical (unpaired) electrons. The zero-order chi connectivity index (χ0) is 6.69. The summed E-state index contributed by atoms with van der Waals surface area (Å²) in [6.07, 6.45) is 3.86. The van der Waals surface area contributed by atoms with Crippen molar-refractivity contribution in [2.24, 2.45) is 5.73 Å². The smallest absolute Gasteiger partial charge is 0.00682 e. The van der Waals surface area contributed by atoms with Gasteiger partial charge in [-0.1, -0.05) is 0 Å². The molecular formula is C7H18Cl2N2. The van der Waals surface area contributed by atoms with Gasteiger partial charge in [0.15, 0.2) is 0 Å². The van der Waals surface area contributed by atoms with E-state index >= 15 is 0 Å². The Morgan fingerprint density at radius 3 is 2.36 bits per heavy atom. The maximum absolute atomic E-state index is 5.56. The summed E-state index contributed by atoms with van der Waals surface area (Å²) in [4.78, 5) is 0. The fraction of sp³-hybridized carbons (Fsp3) is 1.00. The number of hydrogen-bond acceptors (Lipinski definition) is 2. The molecule has 1 aliphatic rings. The quantitative estimate of drug-likeness (QED) is 0.719. The molecule has 0 aliphatic heterocycles. The first kappa shape index (κ1) is 14.0. The van der Waals surface area contributed by atoms with Crippen LogP contribution in [0.25, 0.3) is 0 Å². The van der Waals surface area contributed by atoms with Gasteiger partial charge in [0.25, 0.3) is 0 Å². The summed E-state index contributed by atoms with van der Waals surface area (Å²) in [6, 6.07) is 1.19. The van der Waals surface area contributed by atoms with Crippen LogP contribution in [0, 0.1) is 0 Å². The fourth-order valence-corrected chi connectivity index (χ4v) is 0.803. The first-order chi connectivity index (χ1) is 4.29. The van der Waals surface area contributed by atoms with Crippen molar-refractivity contribution < 1.29 is 0 Å². The van der Waals surface area contributed by atoms with E-state index in [0.717, 1.165) is 19.0 Å². The van der Waals surface area contributed by atoms with Crippen LogP contribution >= 0.6 is 24.8 Å². The van der Waals surface area contributed by atoms with Gasteiger partial charge in [-0.3, -0.25) is 0 Å². The largest absolute Gasteiger partial charge is 0.328 e. The van der Waals surface area contributed by atoms with Crippen molar-refractivity contribution in [3.63, 3.8) is 0 Å². The van der Waals surface area contributed by atoms with E-state index in [2.05, 4.69) is 12.2 Å². The molecule has 2 nitrogen and oxygen atoms in total. The zero-order valence-electron chi connectivity index (χ0n) is 6.88. The normalized spacial score (nSPS) is 18.0. The Morgan fingerprint density at radius 1 is 1.45 bits per heavy atom. The van der Waals surface area contributed by atoms with Crippen molar-refractivity contribution in [3.8, 4) is 0 Å². The van der Waals surface area contributed by atoms with Crippen LogP contribution in [0.3, 0.4) is 0 Å². The third kappa shape index (κ3) is 8.41. The van der Waals surface area contributed by atoms with Crippen LogP contribution in [0.15, 0.2) is 0 Å². The van der Waals surface area contributed by atoms with E-state index < -0.39 is 0 Å². The van der Waals surface area contributed by atoms with Crippen molar-refractivity contribution in [2.75, 3.05) is 6.54 Å². The molecule has 1 atom stereocenters. The lowest BCUT2D eigenvalue weighted by atomic mass is 10.2. The molecule has 3 N–H and O–H groups in total. The number of hydrogen-bond donors (Lipinski definition) is 2. The summed E-state index contributed by atoms with van der Waals surface area (Å²) >= 11 is 0. The van der Waals surface area contributed by atoms with Crippen molar-refractivity contribution >= 4 is 24.8 Å². The van der Waals surface area contributed by atoms with E-state index in [-0.39, 0.29) is 24.8 Å².